The predicted molar refractivity (Wildman–Crippen MR) is 78.1 cm³/mol. The lowest BCUT2D eigenvalue weighted by molar-refractivity contribution is 0.231. The van der Waals surface area contributed by atoms with Crippen LogP contribution in [0.2, 0.25) is 0 Å². The number of nitrogens with one attached hydrogen (secondary N) is 1. The highest BCUT2D eigenvalue weighted by molar-refractivity contribution is 5.34. The molecule has 2 aromatic rings. The van der Waals surface area contributed by atoms with Crippen LogP contribution in [0.1, 0.15) is 17.9 Å². The van der Waals surface area contributed by atoms with E-state index in [1.165, 1.54) is 0 Å². The molecule has 1 aliphatic rings. The lowest BCUT2D eigenvalue weighted by Crippen LogP contribution is -2.36. The molecule has 0 aromatic heterocycles. The quantitative estimate of drug-likeness (QED) is 0.914. The number of piperidine rings is 1. The van der Waals surface area contributed by atoms with Gasteiger partial charge in [-0.05, 0) is 42.8 Å². The molecule has 1 N–H and O–H groups in total. The Hall–Kier alpha value is -1.87. The highest BCUT2D eigenvalue weighted by atomic mass is 19.1. The summed E-state index contributed by atoms with van der Waals surface area (Å²) in [6, 6.07) is 17.4. The van der Waals surface area contributed by atoms with Crippen molar-refractivity contribution in [2.45, 2.75) is 18.5 Å². The van der Waals surface area contributed by atoms with E-state index >= 15 is 0 Å². The molecule has 20 heavy (non-hydrogen) atoms. The minimum Gasteiger partial charge on any atom is -0.457 e. The van der Waals surface area contributed by atoms with E-state index in [0.29, 0.717) is 6.54 Å². The molecule has 2 aromatic carbocycles. The summed E-state index contributed by atoms with van der Waals surface area (Å²) >= 11 is 0. The standard InChI is InChI=1S/C17H18FNO/c18-17-12-19-11-10-16(17)13-6-8-15(9-7-13)20-14-4-2-1-3-5-14/h1-9,16-17,19H,10-12H2/t16-,17-/m1/s1. The molecular weight excluding hydrogens is 253 g/mol. The number of rotatable bonds is 3. The van der Waals surface area contributed by atoms with Gasteiger partial charge in [0, 0.05) is 12.5 Å². The molecule has 1 saturated heterocycles. The van der Waals surface area contributed by atoms with Crippen molar-refractivity contribution in [2.75, 3.05) is 13.1 Å². The van der Waals surface area contributed by atoms with Gasteiger partial charge in [0.2, 0.25) is 0 Å². The van der Waals surface area contributed by atoms with E-state index in [2.05, 4.69) is 5.32 Å². The Kier molecular flexibility index (Phi) is 3.97. The first-order valence-corrected chi connectivity index (χ1v) is 7.00. The lowest BCUT2D eigenvalue weighted by Gasteiger charge is -2.27. The number of hydrogen-bond acceptors (Lipinski definition) is 2. The third kappa shape index (κ3) is 2.99. The van der Waals surface area contributed by atoms with Crippen LogP contribution in [-0.2, 0) is 0 Å². The van der Waals surface area contributed by atoms with Crippen molar-refractivity contribution in [2.24, 2.45) is 0 Å². The molecule has 3 rings (SSSR count). The molecule has 1 heterocycles. The van der Waals surface area contributed by atoms with Crippen molar-refractivity contribution in [1.82, 2.24) is 5.32 Å². The molecule has 0 aliphatic carbocycles. The topological polar surface area (TPSA) is 21.3 Å². The second-order valence-corrected chi connectivity index (χ2v) is 5.10. The van der Waals surface area contributed by atoms with Crippen molar-refractivity contribution in [3.05, 3.63) is 60.2 Å². The Labute approximate surface area is 118 Å². The molecule has 0 bridgehead atoms. The normalized spacial score (nSPS) is 22.4. The predicted octanol–water partition coefficient (Wildman–Crippen LogP) is 3.89. The SMILES string of the molecule is F[C@@H]1CNCC[C@@H]1c1ccc(Oc2ccccc2)cc1. The van der Waals surface area contributed by atoms with Gasteiger partial charge in [-0.3, -0.25) is 0 Å². The van der Waals surface area contributed by atoms with E-state index in [1.807, 2.05) is 54.6 Å². The van der Waals surface area contributed by atoms with Crippen LogP contribution in [0.5, 0.6) is 11.5 Å². The zero-order valence-electron chi connectivity index (χ0n) is 11.3. The third-order valence-corrected chi connectivity index (χ3v) is 3.70. The summed E-state index contributed by atoms with van der Waals surface area (Å²) in [5.74, 6) is 1.59. The second-order valence-electron chi connectivity index (χ2n) is 5.10. The molecule has 3 heteroatoms. The minimum atomic E-state index is -0.801. The van der Waals surface area contributed by atoms with Gasteiger partial charge in [0.25, 0.3) is 0 Å². The van der Waals surface area contributed by atoms with Crippen molar-refractivity contribution in [3.8, 4) is 11.5 Å². The molecule has 0 radical (unpaired) electrons. The molecule has 0 unspecified atom stereocenters. The number of alkyl halides is 1. The van der Waals surface area contributed by atoms with Gasteiger partial charge >= 0.3 is 0 Å². The monoisotopic (exact) mass is 271 g/mol. The number of ether oxygens (including phenoxy) is 1. The zero-order chi connectivity index (χ0) is 13.8. The molecule has 1 fully saturated rings. The molecule has 0 spiro atoms. The van der Waals surface area contributed by atoms with E-state index in [0.717, 1.165) is 30.0 Å². The fraction of sp³-hybridized carbons (Fsp3) is 0.294. The average molecular weight is 271 g/mol. The van der Waals surface area contributed by atoms with Gasteiger partial charge in [-0.1, -0.05) is 30.3 Å². The highest BCUT2D eigenvalue weighted by Gasteiger charge is 2.25. The van der Waals surface area contributed by atoms with Gasteiger partial charge in [-0.15, -0.1) is 0 Å². The Morgan fingerprint density at radius 1 is 0.950 bits per heavy atom. The third-order valence-electron chi connectivity index (χ3n) is 3.70. The van der Waals surface area contributed by atoms with E-state index in [9.17, 15) is 4.39 Å². The zero-order valence-corrected chi connectivity index (χ0v) is 11.3. The van der Waals surface area contributed by atoms with Gasteiger partial charge in [0.1, 0.15) is 17.7 Å². The maximum atomic E-state index is 13.9. The molecule has 0 saturated carbocycles. The molecule has 2 atom stereocenters. The summed E-state index contributed by atoms with van der Waals surface area (Å²) in [5.41, 5.74) is 1.06. The van der Waals surface area contributed by atoms with Crippen LogP contribution >= 0.6 is 0 Å². The van der Waals surface area contributed by atoms with Gasteiger partial charge in [-0.2, -0.15) is 0 Å². The number of para-hydroxylation sites is 1. The van der Waals surface area contributed by atoms with E-state index < -0.39 is 6.17 Å². The maximum absolute atomic E-state index is 13.9. The van der Waals surface area contributed by atoms with Crippen LogP contribution in [0, 0.1) is 0 Å². The molecule has 0 amide bonds. The second kappa shape index (κ2) is 6.06. The van der Waals surface area contributed by atoms with Gasteiger partial charge < -0.3 is 10.1 Å². The number of benzene rings is 2. The van der Waals surface area contributed by atoms with Gasteiger partial charge in [-0.25, -0.2) is 4.39 Å². The number of hydrogen-bond donors (Lipinski definition) is 1. The van der Waals surface area contributed by atoms with Gasteiger partial charge in [0.05, 0.1) is 0 Å². The first-order valence-electron chi connectivity index (χ1n) is 7.00. The fourth-order valence-corrected chi connectivity index (χ4v) is 2.60. The van der Waals surface area contributed by atoms with Crippen molar-refractivity contribution in [3.63, 3.8) is 0 Å². The smallest absolute Gasteiger partial charge is 0.127 e. The maximum Gasteiger partial charge on any atom is 0.127 e. The summed E-state index contributed by atoms with van der Waals surface area (Å²) in [7, 11) is 0. The van der Waals surface area contributed by atoms with Crippen molar-refractivity contribution >= 4 is 0 Å². The van der Waals surface area contributed by atoms with Crippen LogP contribution in [-0.4, -0.2) is 19.3 Å². The van der Waals surface area contributed by atoms with Crippen LogP contribution < -0.4 is 10.1 Å². The van der Waals surface area contributed by atoms with E-state index in [-0.39, 0.29) is 5.92 Å². The highest BCUT2D eigenvalue weighted by Crippen LogP contribution is 2.30. The first kappa shape index (κ1) is 13.1. The van der Waals surface area contributed by atoms with E-state index in [4.69, 9.17) is 4.74 Å². The van der Waals surface area contributed by atoms with Crippen LogP contribution in [0.15, 0.2) is 54.6 Å². The Morgan fingerprint density at radius 2 is 1.65 bits per heavy atom. The van der Waals surface area contributed by atoms with E-state index in [1.54, 1.807) is 0 Å². The molecular formula is C17H18FNO. The number of halogens is 1. The van der Waals surface area contributed by atoms with Crippen molar-refractivity contribution in [1.29, 1.82) is 0 Å². The summed E-state index contributed by atoms with van der Waals surface area (Å²) in [6.07, 6.45) is 0.0460. The van der Waals surface area contributed by atoms with Crippen molar-refractivity contribution < 1.29 is 9.13 Å². The Morgan fingerprint density at radius 3 is 2.35 bits per heavy atom. The summed E-state index contributed by atoms with van der Waals surface area (Å²) in [6.45, 7) is 1.33. The van der Waals surface area contributed by atoms with Crippen LogP contribution in [0.25, 0.3) is 0 Å². The fourth-order valence-electron chi connectivity index (χ4n) is 2.60. The average Bonchev–Trinajstić information content (AvgIpc) is 2.50. The van der Waals surface area contributed by atoms with Crippen LogP contribution in [0.3, 0.4) is 0 Å². The van der Waals surface area contributed by atoms with Gasteiger partial charge in [0.15, 0.2) is 0 Å². The lowest BCUT2D eigenvalue weighted by atomic mass is 9.89. The largest absolute Gasteiger partial charge is 0.457 e. The summed E-state index contributed by atoms with van der Waals surface area (Å²) in [5, 5.41) is 3.08. The first-order chi connectivity index (χ1) is 9.83. The van der Waals surface area contributed by atoms with Crippen LogP contribution in [0.4, 0.5) is 4.39 Å². The Bertz CT molecular complexity index is 541. The Balaban J connectivity index is 1.71. The molecule has 1 aliphatic heterocycles. The summed E-state index contributed by atoms with van der Waals surface area (Å²) < 4.78 is 19.6. The molecule has 104 valence electrons. The molecule has 2 nitrogen and oxygen atoms in total. The minimum absolute atomic E-state index is 0.00188. The summed E-state index contributed by atoms with van der Waals surface area (Å²) in [4.78, 5) is 0.